The Kier molecular flexibility index (Phi) is 5.47. The fourth-order valence-corrected chi connectivity index (χ4v) is 2.43. The fraction of sp³-hybridized carbons (Fsp3) is 0.294. The Hall–Kier alpha value is -2.96. The van der Waals surface area contributed by atoms with E-state index in [1.165, 1.54) is 27.4 Å². The van der Waals surface area contributed by atoms with E-state index in [1.54, 1.807) is 31.2 Å². The molecule has 128 valence electrons. The minimum atomic E-state index is -0.471. The molecule has 0 aromatic heterocycles. The van der Waals surface area contributed by atoms with Crippen molar-refractivity contribution in [3.63, 3.8) is 0 Å². The topological polar surface area (TPSA) is 80.1 Å². The molecule has 0 unspecified atom stereocenters. The van der Waals surface area contributed by atoms with Gasteiger partial charge in [-0.3, -0.25) is 10.1 Å². The molecule has 0 N–H and O–H groups in total. The molecule has 2 aromatic carbocycles. The maximum Gasteiger partial charge on any atom is 0.311 e. The van der Waals surface area contributed by atoms with Crippen LogP contribution in [0.25, 0.3) is 11.1 Å². The number of ether oxygens (including phenoxy) is 4. The highest BCUT2D eigenvalue weighted by Gasteiger charge is 2.21. The summed E-state index contributed by atoms with van der Waals surface area (Å²) in [5.74, 6) is 1.61. The van der Waals surface area contributed by atoms with Crippen LogP contribution in [0.1, 0.15) is 6.92 Å². The highest BCUT2D eigenvalue weighted by Crippen LogP contribution is 2.45. The average molecular weight is 333 g/mol. The molecule has 0 spiro atoms. The molecular formula is C17H19NO6. The maximum atomic E-state index is 11.3. The Morgan fingerprint density at radius 3 is 2.17 bits per heavy atom. The lowest BCUT2D eigenvalue weighted by Crippen LogP contribution is -1.99. The van der Waals surface area contributed by atoms with Gasteiger partial charge in [-0.1, -0.05) is 6.07 Å². The largest absolute Gasteiger partial charge is 0.493 e. The zero-order chi connectivity index (χ0) is 17.7. The Balaban J connectivity index is 2.63. The summed E-state index contributed by atoms with van der Waals surface area (Å²) in [6, 6.07) is 8.25. The predicted octanol–water partition coefficient (Wildman–Crippen LogP) is 3.69. The summed E-state index contributed by atoms with van der Waals surface area (Å²) in [6.07, 6.45) is 0. The minimum Gasteiger partial charge on any atom is -0.493 e. The van der Waals surface area contributed by atoms with E-state index in [-0.39, 0.29) is 11.4 Å². The van der Waals surface area contributed by atoms with E-state index < -0.39 is 4.92 Å². The van der Waals surface area contributed by atoms with Crippen molar-refractivity contribution < 1.29 is 23.9 Å². The van der Waals surface area contributed by atoms with Gasteiger partial charge in [0.2, 0.25) is 5.75 Å². The van der Waals surface area contributed by atoms with Gasteiger partial charge in [0.25, 0.3) is 0 Å². The van der Waals surface area contributed by atoms with Crippen LogP contribution >= 0.6 is 0 Å². The molecule has 0 bridgehead atoms. The number of rotatable bonds is 7. The summed E-state index contributed by atoms with van der Waals surface area (Å²) >= 11 is 0. The zero-order valence-electron chi connectivity index (χ0n) is 14.0. The first-order chi connectivity index (χ1) is 11.6. The summed E-state index contributed by atoms with van der Waals surface area (Å²) in [6.45, 7) is 2.12. The summed E-state index contributed by atoms with van der Waals surface area (Å²) in [5, 5.41) is 11.3. The summed E-state index contributed by atoms with van der Waals surface area (Å²) in [7, 11) is 4.53. The molecule has 7 nitrogen and oxygen atoms in total. The van der Waals surface area contributed by atoms with Gasteiger partial charge >= 0.3 is 5.69 Å². The van der Waals surface area contributed by atoms with Crippen molar-refractivity contribution in [3.05, 3.63) is 40.4 Å². The van der Waals surface area contributed by atoms with Crippen LogP contribution in [0.4, 0.5) is 5.69 Å². The fourth-order valence-electron chi connectivity index (χ4n) is 2.43. The van der Waals surface area contributed by atoms with Crippen molar-refractivity contribution in [1.29, 1.82) is 0 Å². The Labute approximate surface area is 139 Å². The van der Waals surface area contributed by atoms with E-state index in [1.807, 2.05) is 0 Å². The third kappa shape index (κ3) is 3.19. The first kappa shape index (κ1) is 17.4. The molecule has 2 rings (SSSR count). The van der Waals surface area contributed by atoms with Gasteiger partial charge < -0.3 is 18.9 Å². The number of hydrogen-bond donors (Lipinski definition) is 0. The van der Waals surface area contributed by atoms with Gasteiger partial charge in [0.05, 0.1) is 32.9 Å². The summed E-state index contributed by atoms with van der Waals surface area (Å²) < 4.78 is 21.3. The lowest BCUT2D eigenvalue weighted by atomic mass is 10.0. The monoisotopic (exact) mass is 333 g/mol. The number of nitrogens with zero attached hydrogens (tertiary/aromatic N) is 1. The van der Waals surface area contributed by atoms with Crippen molar-refractivity contribution in [2.45, 2.75) is 6.92 Å². The zero-order valence-corrected chi connectivity index (χ0v) is 14.0. The van der Waals surface area contributed by atoms with Crippen molar-refractivity contribution in [3.8, 4) is 34.1 Å². The first-order valence-electron chi connectivity index (χ1n) is 7.27. The quantitative estimate of drug-likeness (QED) is 0.568. The Morgan fingerprint density at radius 2 is 1.62 bits per heavy atom. The molecule has 24 heavy (non-hydrogen) atoms. The molecule has 0 saturated heterocycles. The van der Waals surface area contributed by atoms with Crippen molar-refractivity contribution >= 4 is 5.69 Å². The molecule has 7 heteroatoms. The third-order valence-electron chi connectivity index (χ3n) is 3.47. The standard InChI is InChI=1S/C17H19NO6/c1-5-24-14-8-6-11(10-13(14)18(19)20)12-7-9-15(21-2)17(23-4)16(12)22-3/h6-10H,5H2,1-4H3. The van der Waals surface area contributed by atoms with Gasteiger partial charge in [0, 0.05) is 11.6 Å². The highest BCUT2D eigenvalue weighted by atomic mass is 16.6. The number of nitro benzene ring substituents is 1. The van der Waals surface area contributed by atoms with Gasteiger partial charge in [0.1, 0.15) is 0 Å². The summed E-state index contributed by atoms with van der Waals surface area (Å²) in [4.78, 5) is 10.8. The van der Waals surface area contributed by atoms with E-state index in [4.69, 9.17) is 18.9 Å². The molecule has 0 aliphatic rings. The molecule has 0 amide bonds. The van der Waals surface area contributed by atoms with Gasteiger partial charge in [-0.25, -0.2) is 0 Å². The van der Waals surface area contributed by atoms with Crippen LogP contribution in [0, 0.1) is 10.1 Å². The number of benzene rings is 2. The van der Waals surface area contributed by atoms with Gasteiger partial charge in [-0.05, 0) is 30.7 Å². The highest BCUT2D eigenvalue weighted by molar-refractivity contribution is 5.78. The van der Waals surface area contributed by atoms with Crippen LogP contribution in [-0.2, 0) is 0 Å². The molecular weight excluding hydrogens is 314 g/mol. The van der Waals surface area contributed by atoms with Crippen LogP contribution < -0.4 is 18.9 Å². The van der Waals surface area contributed by atoms with E-state index in [2.05, 4.69) is 0 Å². The second-order valence-electron chi connectivity index (χ2n) is 4.75. The average Bonchev–Trinajstić information content (AvgIpc) is 2.60. The number of hydrogen-bond acceptors (Lipinski definition) is 6. The smallest absolute Gasteiger partial charge is 0.311 e. The normalized spacial score (nSPS) is 10.2. The van der Waals surface area contributed by atoms with Crippen LogP contribution in [0.3, 0.4) is 0 Å². The van der Waals surface area contributed by atoms with Crippen molar-refractivity contribution in [2.75, 3.05) is 27.9 Å². The molecule has 0 radical (unpaired) electrons. The van der Waals surface area contributed by atoms with Crippen molar-refractivity contribution in [1.82, 2.24) is 0 Å². The maximum absolute atomic E-state index is 11.3. The molecule has 0 heterocycles. The number of nitro groups is 1. The lowest BCUT2D eigenvalue weighted by molar-refractivity contribution is -0.385. The first-order valence-corrected chi connectivity index (χ1v) is 7.27. The molecule has 2 aromatic rings. The lowest BCUT2D eigenvalue weighted by Gasteiger charge is -2.16. The molecule has 0 aliphatic heterocycles. The van der Waals surface area contributed by atoms with E-state index in [9.17, 15) is 10.1 Å². The van der Waals surface area contributed by atoms with Gasteiger partial charge in [-0.2, -0.15) is 0 Å². The van der Waals surface area contributed by atoms with Crippen LogP contribution in [-0.4, -0.2) is 32.9 Å². The van der Waals surface area contributed by atoms with E-state index >= 15 is 0 Å². The minimum absolute atomic E-state index is 0.105. The predicted molar refractivity (Wildman–Crippen MR) is 89.4 cm³/mol. The van der Waals surface area contributed by atoms with Crippen LogP contribution in [0.5, 0.6) is 23.0 Å². The Bertz CT molecular complexity index is 744. The second kappa shape index (κ2) is 7.54. The van der Waals surface area contributed by atoms with E-state index in [0.29, 0.717) is 35.0 Å². The molecule has 0 atom stereocenters. The van der Waals surface area contributed by atoms with Crippen LogP contribution in [0.15, 0.2) is 30.3 Å². The molecule has 0 fully saturated rings. The molecule has 0 saturated carbocycles. The van der Waals surface area contributed by atoms with Gasteiger partial charge in [0.15, 0.2) is 17.2 Å². The van der Waals surface area contributed by atoms with E-state index in [0.717, 1.165) is 0 Å². The third-order valence-corrected chi connectivity index (χ3v) is 3.47. The second-order valence-corrected chi connectivity index (χ2v) is 4.75. The summed E-state index contributed by atoms with van der Waals surface area (Å²) in [5.41, 5.74) is 1.16. The van der Waals surface area contributed by atoms with Gasteiger partial charge in [-0.15, -0.1) is 0 Å². The number of methoxy groups -OCH3 is 3. The SMILES string of the molecule is CCOc1ccc(-c2ccc(OC)c(OC)c2OC)cc1[N+](=O)[O-]. The molecule has 0 aliphatic carbocycles. The Morgan fingerprint density at radius 1 is 0.958 bits per heavy atom. The van der Waals surface area contributed by atoms with Crippen LogP contribution in [0.2, 0.25) is 0 Å². The van der Waals surface area contributed by atoms with Crippen molar-refractivity contribution in [2.24, 2.45) is 0 Å².